The lowest BCUT2D eigenvalue weighted by Gasteiger charge is -2.19. The van der Waals surface area contributed by atoms with Crippen LogP contribution < -0.4 is 4.74 Å². The van der Waals surface area contributed by atoms with E-state index in [1.54, 1.807) is 6.07 Å². The van der Waals surface area contributed by atoms with Gasteiger partial charge in [0.15, 0.2) is 12.4 Å². The third kappa shape index (κ3) is 7.29. The van der Waals surface area contributed by atoms with E-state index < -0.39 is 17.8 Å². The highest BCUT2D eigenvalue weighted by atomic mass is 35.5. The number of alkyl halides is 3. The lowest BCUT2D eigenvalue weighted by Crippen LogP contribution is -2.16. The Bertz CT molecular complexity index is 1230. The summed E-state index contributed by atoms with van der Waals surface area (Å²) in [6, 6.07) is 8.58. The van der Waals surface area contributed by atoms with Gasteiger partial charge in [-0.15, -0.1) is 11.3 Å². The topological polar surface area (TPSA) is 48.4 Å². The van der Waals surface area contributed by atoms with Crippen LogP contribution in [-0.4, -0.2) is 24.0 Å². The summed E-state index contributed by atoms with van der Waals surface area (Å²) in [7, 11) is 0. The maximum atomic E-state index is 13.0. The van der Waals surface area contributed by atoms with Crippen molar-refractivity contribution in [3.05, 3.63) is 68.1 Å². The van der Waals surface area contributed by atoms with Crippen molar-refractivity contribution in [3.63, 3.8) is 0 Å². The Labute approximate surface area is 235 Å². The van der Waals surface area contributed by atoms with Crippen molar-refractivity contribution in [2.24, 2.45) is 0 Å². The summed E-state index contributed by atoms with van der Waals surface area (Å²) in [5, 5.41) is 1.26. The minimum absolute atomic E-state index is 0.0891. The van der Waals surface area contributed by atoms with Crippen LogP contribution in [0.15, 0.2) is 36.4 Å². The van der Waals surface area contributed by atoms with Gasteiger partial charge in [-0.3, -0.25) is 4.79 Å². The van der Waals surface area contributed by atoms with Crippen molar-refractivity contribution in [1.29, 1.82) is 0 Å². The van der Waals surface area contributed by atoms with Crippen LogP contribution in [0.5, 0.6) is 5.75 Å². The molecular weight excluding hydrogens is 558 g/mol. The number of benzene rings is 2. The fourth-order valence-corrected chi connectivity index (χ4v) is 5.71. The molecule has 0 N–H and O–H groups in total. The van der Waals surface area contributed by atoms with Crippen LogP contribution in [0.4, 0.5) is 13.2 Å². The van der Waals surface area contributed by atoms with E-state index in [0.717, 1.165) is 34.6 Å². The van der Waals surface area contributed by atoms with Crippen molar-refractivity contribution < 1.29 is 27.4 Å². The van der Waals surface area contributed by atoms with Crippen LogP contribution in [0.3, 0.4) is 0 Å². The quantitative estimate of drug-likeness (QED) is 0.198. The van der Waals surface area contributed by atoms with Gasteiger partial charge in [0.2, 0.25) is 0 Å². The number of nitrogens with zero attached hydrogens (tertiary/aromatic N) is 1. The molecule has 10 heteroatoms. The van der Waals surface area contributed by atoms with E-state index in [0.29, 0.717) is 47.2 Å². The monoisotopic (exact) mass is 587 g/mol. The molecule has 0 fully saturated rings. The number of aromatic nitrogens is 1. The summed E-state index contributed by atoms with van der Waals surface area (Å²) in [5.41, 5.74) is 1.59. The summed E-state index contributed by atoms with van der Waals surface area (Å²) < 4.78 is 50.8. The highest BCUT2D eigenvalue weighted by Gasteiger charge is 2.30. The van der Waals surface area contributed by atoms with Gasteiger partial charge in [0, 0.05) is 12.2 Å². The average Bonchev–Trinajstić information content (AvgIpc) is 3.33. The lowest BCUT2D eigenvalue weighted by atomic mass is 10.0. The first-order valence-corrected chi connectivity index (χ1v) is 14.0. The molecule has 0 saturated heterocycles. The second kappa shape index (κ2) is 13.3. The fraction of sp³-hybridized carbons (Fsp3) is 0.429. The van der Waals surface area contributed by atoms with Gasteiger partial charge in [0.05, 0.1) is 27.3 Å². The fourth-order valence-electron chi connectivity index (χ4n) is 3.92. The Morgan fingerprint density at radius 3 is 2.29 bits per heavy atom. The number of thiazole rings is 1. The molecule has 3 rings (SSSR count). The van der Waals surface area contributed by atoms with E-state index in [-0.39, 0.29) is 17.0 Å². The van der Waals surface area contributed by atoms with Crippen molar-refractivity contribution in [2.45, 2.75) is 71.3 Å². The molecule has 4 nitrogen and oxygen atoms in total. The molecule has 1 aromatic heterocycles. The van der Waals surface area contributed by atoms with Crippen LogP contribution in [0, 0.1) is 0 Å². The molecule has 0 saturated carbocycles. The molecule has 38 heavy (non-hydrogen) atoms. The second-order valence-corrected chi connectivity index (χ2v) is 10.8. The van der Waals surface area contributed by atoms with Gasteiger partial charge < -0.3 is 9.47 Å². The Balaban J connectivity index is 1.86. The lowest BCUT2D eigenvalue weighted by molar-refractivity contribution is -0.137. The first-order chi connectivity index (χ1) is 18.0. The summed E-state index contributed by atoms with van der Waals surface area (Å²) in [6.07, 6.45) is -2.90. The van der Waals surface area contributed by atoms with Gasteiger partial charge in [0.1, 0.15) is 15.8 Å². The molecule has 0 bridgehead atoms. The second-order valence-electron chi connectivity index (χ2n) is 9.03. The van der Waals surface area contributed by atoms with E-state index in [4.69, 9.17) is 37.7 Å². The molecule has 1 heterocycles. The molecular formula is C28H30Cl2F3NO3S. The number of ether oxygens (including phenoxy) is 2. The molecule has 0 aliphatic carbocycles. The van der Waals surface area contributed by atoms with Crippen molar-refractivity contribution in [3.8, 4) is 16.3 Å². The first-order valence-electron chi connectivity index (χ1n) is 12.4. The minimum Gasteiger partial charge on any atom is -0.481 e. The van der Waals surface area contributed by atoms with Gasteiger partial charge >= 0.3 is 6.18 Å². The smallest absolute Gasteiger partial charge is 0.416 e. The summed E-state index contributed by atoms with van der Waals surface area (Å²) in [5.74, 6) is 0.442. The van der Waals surface area contributed by atoms with E-state index in [1.165, 1.54) is 23.5 Å². The molecule has 0 spiro atoms. The van der Waals surface area contributed by atoms with E-state index in [2.05, 4.69) is 0 Å². The van der Waals surface area contributed by atoms with Crippen LogP contribution in [0.1, 0.15) is 74.3 Å². The number of hydrogen-bond donors (Lipinski definition) is 0. The number of aryl methyl sites for hydroxylation is 1. The van der Waals surface area contributed by atoms with E-state index >= 15 is 0 Å². The normalized spacial score (nSPS) is 13.5. The zero-order chi connectivity index (χ0) is 28.0. The van der Waals surface area contributed by atoms with Gasteiger partial charge in [-0.2, -0.15) is 13.2 Å². The Kier molecular flexibility index (Phi) is 10.6. The number of carbonyl (C=O) groups is 1. The van der Waals surface area contributed by atoms with Crippen LogP contribution in [0.2, 0.25) is 10.0 Å². The third-order valence-electron chi connectivity index (χ3n) is 5.98. The molecule has 206 valence electrons. The van der Waals surface area contributed by atoms with Gasteiger partial charge in [-0.1, -0.05) is 62.2 Å². The average molecular weight is 589 g/mol. The highest BCUT2D eigenvalue weighted by molar-refractivity contribution is 7.15. The Hall–Kier alpha value is -2.13. The maximum Gasteiger partial charge on any atom is 0.416 e. The highest BCUT2D eigenvalue weighted by Crippen LogP contribution is 2.41. The number of aldehydes is 1. The Morgan fingerprint density at radius 2 is 1.74 bits per heavy atom. The van der Waals surface area contributed by atoms with Crippen molar-refractivity contribution in [1.82, 2.24) is 4.98 Å². The molecule has 0 aliphatic heterocycles. The number of halogens is 5. The number of rotatable bonds is 12. The Morgan fingerprint density at radius 1 is 1.05 bits per heavy atom. The summed E-state index contributed by atoms with van der Waals surface area (Å²) in [4.78, 5) is 16.9. The number of hydrogen-bond acceptors (Lipinski definition) is 5. The standard InChI is InChI=1S/C28H30Cl2F3NO3S/c1-5-20(15-35)37-21-13-9-17(23(29)24(21)30)10-14-22(36-6-2)26-25(16(3)4)34-27(38-26)18-7-11-19(12-8-18)28(31,32)33/h7-9,11-13,15-16,20,22H,5-6,10,14H2,1-4H3. The molecule has 2 atom stereocenters. The zero-order valence-corrected chi connectivity index (χ0v) is 23.9. The molecule has 0 amide bonds. The first kappa shape index (κ1) is 30.4. The van der Waals surface area contributed by atoms with Crippen LogP contribution >= 0.6 is 34.5 Å². The molecule has 2 unspecified atom stereocenters. The molecule has 2 aromatic carbocycles. The number of carbonyl (C=O) groups excluding carboxylic acids is 1. The summed E-state index contributed by atoms with van der Waals surface area (Å²) >= 11 is 14.4. The van der Waals surface area contributed by atoms with Crippen molar-refractivity contribution in [2.75, 3.05) is 6.61 Å². The summed E-state index contributed by atoms with van der Waals surface area (Å²) in [6.45, 7) is 8.27. The van der Waals surface area contributed by atoms with Crippen LogP contribution in [0.25, 0.3) is 10.6 Å². The van der Waals surface area contributed by atoms with Gasteiger partial charge in [-0.05, 0) is 55.9 Å². The van der Waals surface area contributed by atoms with Crippen molar-refractivity contribution >= 4 is 40.8 Å². The maximum absolute atomic E-state index is 13.0. The van der Waals surface area contributed by atoms with Gasteiger partial charge in [0.25, 0.3) is 0 Å². The largest absolute Gasteiger partial charge is 0.481 e. The SMILES string of the molecule is CCOC(CCc1ccc(OC(C=O)CC)c(Cl)c1Cl)c1sc(-c2ccc(C(F)(F)F)cc2)nc1C(C)C. The minimum atomic E-state index is -4.39. The van der Waals surface area contributed by atoms with Crippen LogP contribution in [-0.2, 0) is 22.1 Å². The van der Waals surface area contributed by atoms with E-state index in [1.807, 2.05) is 33.8 Å². The van der Waals surface area contributed by atoms with E-state index in [9.17, 15) is 18.0 Å². The molecule has 0 aliphatic rings. The third-order valence-corrected chi connectivity index (χ3v) is 8.10. The van der Waals surface area contributed by atoms with Gasteiger partial charge in [-0.25, -0.2) is 4.98 Å². The predicted octanol–water partition coefficient (Wildman–Crippen LogP) is 9.33. The molecule has 0 radical (unpaired) electrons. The molecule has 3 aromatic rings. The predicted molar refractivity (Wildman–Crippen MR) is 147 cm³/mol. The zero-order valence-electron chi connectivity index (χ0n) is 21.6.